The van der Waals surface area contributed by atoms with E-state index in [4.69, 9.17) is 5.11 Å². The van der Waals surface area contributed by atoms with Crippen molar-refractivity contribution in [2.24, 2.45) is 0 Å². The molecule has 0 radical (unpaired) electrons. The van der Waals surface area contributed by atoms with E-state index in [1.165, 1.54) is 0 Å². The van der Waals surface area contributed by atoms with Crippen molar-refractivity contribution in [2.75, 3.05) is 0 Å². The van der Waals surface area contributed by atoms with Gasteiger partial charge in [0, 0.05) is 0 Å². The van der Waals surface area contributed by atoms with Crippen molar-refractivity contribution in [1.82, 2.24) is 0 Å². The standard InChI is InChI=1S/C5H7F3O/c1-3(4(2)9)5(6,7)8/h9H,1-2H3/b4-3-. The van der Waals surface area contributed by atoms with Gasteiger partial charge < -0.3 is 5.11 Å². The monoisotopic (exact) mass is 140 g/mol. The summed E-state index contributed by atoms with van der Waals surface area (Å²) in [4.78, 5) is 0. The van der Waals surface area contributed by atoms with E-state index in [-0.39, 0.29) is 0 Å². The first-order valence-electron chi connectivity index (χ1n) is 2.29. The smallest absolute Gasteiger partial charge is 0.415 e. The lowest BCUT2D eigenvalue weighted by Gasteiger charge is -2.05. The highest BCUT2D eigenvalue weighted by atomic mass is 19.4. The van der Waals surface area contributed by atoms with Gasteiger partial charge in [0.1, 0.15) is 0 Å². The molecule has 0 aliphatic carbocycles. The predicted octanol–water partition coefficient (Wildman–Crippen LogP) is 2.40. The third-order valence-electron chi connectivity index (χ3n) is 0.968. The molecule has 0 rings (SSSR count). The zero-order valence-electron chi connectivity index (χ0n) is 5.08. The van der Waals surface area contributed by atoms with Gasteiger partial charge in [0.15, 0.2) is 0 Å². The summed E-state index contributed by atoms with van der Waals surface area (Å²) in [6, 6.07) is 0. The molecule has 0 unspecified atom stereocenters. The zero-order chi connectivity index (χ0) is 7.65. The Bertz CT molecular complexity index is 130. The minimum atomic E-state index is -4.39. The minimum Gasteiger partial charge on any atom is -0.512 e. The fourth-order valence-electron chi connectivity index (χ4n) is 0.205. The first-order chi connectivity index (χ1) is 3.85. The first kappa shape index (κ1) is 8.33. The molecule has 0 aromatic carbocycles. The van der Waals surface area contributed by atoms with Crippen LogP contribution in [0.2, 0.25) is 0 Å². The normalized spacial score (nSPS) is 15.2. The summed E-state index contributed by atoms with van der Waals surface area (Å²) in [7, 11) is 0. The third-order valence-corrected chi connectivity index (χ3v) is 0.968. The topological polar surface area (TPSA) is 20.2 Å². The van der Waals surface area contributed by atoms with E-state index in [1.807, 2.05) is 0 Å². The van der Waals surface area contributed by atoms with Gasteiger partial charge >= 0.3 is 6.18 Å². The van der Waals surface area contributed by atoms with Crippen LogP contribution >= 0.6 is 0 Å². The molecule has 0 aliphatic rings. The van der Waals surface area contributed by atoms with Crippen molar-refractivity contribution in [3.05, 3.63) is 11.3 Å². The maximum Gasteiger partial charge on any atom is 0.415 e. The van der Waals surface area contributed by atoms with Crippen LogP contribution < -0.4 is 0 Å². The molecule has 1 nitrogen and oxygen atoms in total. The molecule has 0 aromatic rings. The highest BCUT2D eigenvalue weighted by Gasteiger charge is 2.31. The van der Waals surface area contributed by atoms with Crippen molar-refractivity contribution >= 4 is 0 Å². The summed E-state index contributed by atoms with van der Waals surface area (Å²) in [5.41, 5.74) is -0.942. The van der Waals surface area contributed by atoms with Crippen LogP contribution in [-0.4, -0.2) is 11.3 Å². The summed E-state index contributed by atoms with van der Waals surface area (Å²) >= 11 is 0. The van der Waals surface area contributed by atoms with Gasteiger partial charge in [-0.05, 0) is 13.8 Å². The highest BCUT2D eigenvalue weighted by molar-refractivity contribution is 5.07. The Morgan fingerprint density at radius 2 is 1.56 bits per heavy atom. The number of rotatable bonds is 0. The van der Waals surface area contributed by atoms with Gasteiger partial charge in [0.2, 0.25) is 0 Å². The molecular weight excluding hydrogens is 133 g/mol. The minimum absolute atomic E-state index is 0.678. The quantitative estimate of drug-likeness (QED) is 0.512. The predicted molar refractivity (Wildman–Crippen MR) is 27.1 cm³/mol. The number of halogens is 3. The molecule has 0 aliphatic heterocycles. The fraction of sp³-hybridized carbons (Fsp3) is 0.600. The summed E-state index contributed by atoms with van der Waals surface area (Å²) in [5.74, 6) is -0.678. The van der Waals surface area contributed by atoms with E-state index in [0.717, 1.165) is 13.8 Å². The van der Waals surface area contributed by atoms with E-state index < -0.39 is 17.5 Å². The second-order valence-electron chi connectivity index (χ2n) is 1.71. The summed E-state index contributed by atoms with van der Waals surface area (Å²) in [6.07, 6.45) is -4.39. The summed E-state index contributed by atoms with van der Waals surface area (Å²) < 4.78 is 34.4. The van der Waals surface area contributed by atoms with Crippen molar-refractivity contribution < 1.29 is 18.3 Å². The van der Waals surface area contributed by atoms with E-state index in [2.05, 4.69) is 0 Å². The number of alkyl halides is 3. The van der Waals surface area contributed by atoms with Gasteiger partial charge in [-0.2, -0.15) is 13.2 Å². The molecule has 0 saturated heterocycles. The lowest BCUT2D eigenvalue weighted by atomic mass is 10.2. The molecule has 0 saturated carbocycles. The summed E-state index contributed by atoms with van der Waals surface area (Å²) in [6.45, 7) is 1.83. The van der Waals surface area contributed by atoms with Crippen molar-refractivity contribution in [3.8, 4) is 0 Å². The summed E-state index contributed by atoms with van der Waals surface area (Å²) in [5, 5.41) is 8.32. The van der Waals surface area contributed by atoms with Crippen LogP contribution in [0.25, 0.3) is 0 Å². The maximum atomic E-state index is 11.5. The molecule has 0 amide bonds. The largest absolute Gasteiger partial charge is 0.512 e. The molecule has 0 heterocycles. The zero-order valence-corrected chi connectivity index (χ0v) is 5.08. The molecule has 0 fully saturated rings. The Morgan fingerprint density at radius 3 is 1.56 bits per heavy atom. The van der Waals surface area contributed by atoms with Gasteiger partial charge in [-0.15, -0.1) is 0 Å². The van der Waals surface area contributed by atoms with E-state index >= 15 is 0 Å². The molecule has 0 aromatic heterocycles. The highest BCUT2D eigenvalue weighted by Crippen LogP contribution is 2.26. The second kappa shape index (κ2) is 2.29. The van der Waals surface area contributed by atoms with Crippen LogP contribution in [0.5, 0.6) is 0 Å². The average Bonchev–Trinajstić information content (AvgIpc) is 1.62. The van der Waals surface area contributed by atoms with E-state index in [1.54, 1.807) is 0 Å². The Morgan fingerprint density at radius 1 is 1.22 bits per heavy atom. The van der Waals surface area contributed by atoms with Gasteiger partial charge in [-0.25, -0.2) is 0 Å². The SMILES string of the molecule is C/C(O)=C(\C)C(F)(F)F. The molecule has 0 atom stereocenters. The van der Waals surface area contributed by atoms with Crippen molar-refractivity contribution in [2.45, 2.75) is 20.0 Å². The van der Waals surface area contributed by atoms with Crippen LogP contribution in [-0.2, 0) is 0 Å². The third kappa shape index (κ3) is 2.39. The van der Waals surface area contributed by atoms with E-state index in [9.17, 15) is 13.2 Å². The second-order valence-corrected chi connectivity index (χ2v) is 1.71. The van der Waals surface area contributed by atoms with Gasteiger partial charge in [-0.1, -0.05) is 0 Å². The Labute approximate surface area is 50.8 Å². The molecule has 4 heteroatoms. The van der Waals surface area contributed by atoms with Crippen molar-refractivity contribution in [1.29, 1.82) is 0 Å². The molecule has 9 heavy (non-hydrogen) atoms. The average molecular weight is 140 g/mol. The Kier molecular flexibility index (Phi) is 2.12. The molecule has 0 spiro atoms. The maximum absolute atomic E-state index is 11.5. The number of aliphatic hydroxyl groups excluding tert-OH is 1. The van der Waals surface area contributed by atoms with Gasteiger partial charge in [0.05, 0.1) is 11.3 Å². The molecule has 54 valence electrons. The molecule has 0 bridgehead atoms. The molecule has 1 N–H and O–H groups in total. The number of hydrogen-bond donors (Lipinski definition) is 1. The number of hydrogen-bond acceptors (Lipinski definition) is 1. The van der Waals surface area contributed by atoms with Crippen LogP contribution in [0, 0.1) is 0 Å². The lowest BCUT2D eigenvalue weighted by molar-refractivity contribution is -0.0940. The fourth-order valence-corrected chi connectivity index (χ4v) is 0.205. The van der Waals surface area contributed by atoms with Crippen LogP contribution in [0.3, 0.4) is 0 Å². The van der Waals surface area contributed by atoms with E-state index in [0.29, 0.717) is 0 Å². The lowest BCUT2D eigenvalue weighted by Crippen LogP contribution is -2.10. The molecular formula is C5H7F3O. The van der Waals surface area contributed by atoms with Gasteiger partial charge in [-0.3, -0.25) is 0 Å². The Balaban J connectivity index is 4.40. The number of aliphatic hydroxyl groups is 1. The van der Waals surface area contributed by atoms with Crippen LogP contribution in [0.4, 0.5) is 13.2 Å². The Hall–Kier alpha value is -0.670. The van der Waals surface area contributed by atoms with Crippen LogP contribution in [0.15, 0.2) is 11.3 Å². The number of allylic oxidation sites excluding steroid dienone is 2. The van der Waals surface area contributed by atoms with Crippen molar-refractivity contribution in [3.63, 3.8) is 0 Å². The first-order valence-corrected chi connectivity index (χ1v) is 2.29. The van der Waals surface area contributed by atoms with Crippen LogP contribution in [0.1, 0.15) is 13.8 Å². The van der Waals surface area contributed by atoms with Gasteiger partial charge in [0.25, 0.3) is 0 Å².